The molecular formula is C24H19FN2O. The second-order valence-corrected chi connectivity index (χ2v) is 6.78. The number of rotatable bonds is 3. The van der Waals surface area contributed by atoms with E-state index in [1.807, 2.05) is 56.3 Å². The van der Waals surface area contributed by atoms with Crippen LogP contribution in [0.3, 0.4) is 0 Å². The lowest BCUT2D eigenvalue weighted by Crippen LogP contribution is -2.22. The number of halogens is 1. The van der Waals surface area contributed by atoms with Gasteiger partial charge in [0.25, 0.3) is 5.56 Å². The van der Waals surface area contributed by atoms with Crippen LogP contribution < -0.4 is 5.56 Å². The summed E-state index contributed by atoms with van der Waals surface area (Å²) in [6, 6.07) is 19.4. The van der Waals surface area contributed by atoms with Crippen LogP contribution >= 0.6 is 0 Å². The van der Waals surface area contributed by atoms with Crippen LogP contribution in [-0.4, -0.2) is 9.55 Å². The highest BCUT2D eigenvalue weighted by atomic mass is 19.1. The third kappa shape index (κ3) is 3.37. The summed E-state index contributed by atoms with van der Waals surface area (Å²) in [7, 11) is 0. The molecule has 1 heterocycles. The van der Waals surface area contributed by atoms with Crippen LogP contribution in [0.4, 0.5) is 4.39 Å². The predicted octanol–water partition coefficient (Wildman–Crippen LogP) is 5.31. The number of benzene rings is 3. The standard InChI is InChI=1S/C24H19FN2O/c1-16-7-13-20(15-17(16)2)27-23(14-10-18-8-11-19(25)12-9-18)26-22-6-4-3-5-21(22)24(27)28/h3-15H,1-2H3. The van der Waals surface area contributed by atoms with Crippen LogP contribution in [0.25, 0.3) is 28.7 Å². The molecule has 0 fully saturated rings. The Labute approximate surface area is 162 Å². The van der Waals surface area contributed by atoms with E-state index in [2.05, 4.69) is 0 Å². The number of nitrogens with zero attached hydrogens (tertiary/aromatic N) is 2. The van der Waals surface area contributed by atoms with E-state index >= 15 is 0 Å². The fourth-order valence-electron chi connectivity index (χ4n) is 3.12. The molecule has 0 aliphatic rings. The number of aromatic nitrogens is 2. The van der Waals surface area contributed by atoms with Gasteiger partial charge in [-0.25, -0.2) is 9.37 Å². The average Bonchev–Trinajstić information content (AvgIpc) is 2.70. The Bertz CT molecular complexity index is 1250. The molecule has 0 aliphatic heterocycles. The Morgan fingerprint density at radius 1 is 0.893 bits per heavy atom. The minimum atomic E-state index is -0.284. The van der Waals surface area contributed by atoms with Gasteiger partial charge in [0.1, 0.15) is 11.6 Å². The van der Waals surface area contributed by atoms with Crippen LogP contribution in [0.1, 0.15) is 22.5 Å². The van der Waals surface area contributed by atoms with Gasteiger partial charge in [-0.1, -0.05) is 36.4 Å². The van der Waals surface area contributed by atoms with Gasteiger partial charge in [0.05, 0.1) is 16.6 Å². The van der Waals surface area contributed by atoms with Gasteiger partial charge < -0.3 is 0 Å². The Kier molecular flexibility index (Phi) is 4.62. The highest BCUT2D eigenvalue weighted by Crippen LogP contribution is 2.18. The van der Waals surface area contributed by atoms with Crippen molar-refractivity contribution >= 4 is 23.1 Å². The third-order valence-corrected chi connectivity index (χ3v) is 4.85. The molecule has 0 saturated carbocycles. The molecule has 0 saturated heterocycles. The fraction of sp³-hybridized carbons (Fsp3) is 0.0833. The van der Waals surface area contributed by atoms with Crippen molar-refractivity contribution in [2.75, 3.05) is 0 Å². The Hall–Kier alpha value is -3.53. The molecule has 28 heavy (non-hydrogen) atoms. The lowest BCUT2D eigenvalue weighted by molar-refractivity contribution is 0.628. The van der Waals surface area contributed by atoms with Gasteiger partial charge in [0, 0.05) is 0 Å². The van der Waals surface area contributed by atoms with Gasteiger partial charge in [0.15, 0.2) is 0 Å². The van der Waals surface area contributed by atoms with Crippen LogP contribution in [-0.2, 0) is 0 Å². The molecular weight excluding hydrogens is 351 g/mol. The normalized spacial score (nSPS) is 11.4. The summed E-state index contributed by atoms with van der Waals surface area (Å²) < 4.78 is 14.8. The maximum Gasteiger partial charge on any atom is 0.266 e. The molecule has 0 unspecified atom stereocenters. The number of hydrogen-bond acceptors (Lipinski definition) is 2. The molecule has 3 aromatic carbocycles. The molecule has 0 bridgehead atoms. The van der Waals surface area contributed by atoms with E-state index in [-0.39, 0.29) is 11.4 Å². The summed E-state index contributed by atoms with van der Waals surface area (Å²) in [6.07, 6.45) is 3.61. The number of para-hydroxylation sites is 1. The molecule has 1 aromatic heterocycles. The molecule has 0 aliphatic carbocycles. The van der Waals surface area contributed by atoms with Crippen molar-refractivity contribution in [3.05, 3.63) is 105 Å². The van der Waals surface area contributed by atoms with Crippen LogP contribution in [0.5, 0.6) is 0 Å². The first kappa shape index (κ1) is 17.9. The second-order valence-electron chi connectivity index (χ2n) is 6.78. The first-order valence-corrected chi connectivity index (χ1v) is 9.06. The van der Waals surface area contributed by atoms with E-state index in [9.17, 15) is 9.18 Å². The van der Waals surface area contributed by atoms with Crippen molar-refractivity contribution in [2.45, 2.75) is 13.8 Å². The SMILES string of the molecule is Cc1ccc(-n2c(C=Cc3ccc(F)cc3)nc3ccccc3c2=O)cc1C. The molecule has 0 spiro atoms. The van der Waals surface area contributed by atoms with Crippen molar-refractivity contribution in [1.29, 1.82) is 0 Å². The van der Waals surface area contributed by atoms with E-state index < -0.39 is 0 Å². The van der Waals surface area contributed by atoms with Gasteiger partial charge in [-0.15, -0.1) is 0 Å². The summed E-state index contributed by atoms with van der Waals surface area (Å²) in [5.41, 5.74) is 4.39. The highest BCUT2D eigenvalue weighted by Gasteiger charge is 2.11. The van der Waals surface area contributed by atoms with Crippen molar-refractivity contribution in [2.24, 2.45) is 0 Å². The number of hydrogen-bond donors (Lipinski definition) is 0. The predicted molar refractivity (Wildman–Crippen MR) is 112 cm³/mol. The summed E-state index contributed by atoms with van der Waals surface area (Å²) in [5.74, 6) is 0.240. The lowest BCUT2D eigenvalue weighted by atomic mass is 10.1. The zero-order valence-electron chi connectivity index (χ0n) is 15.7. The molecule has 0 radical (unpaired) electrons. The van der Waals surface area contributed by atoms with Crippen molar-refractivity contribution in [3.63, 3.8) is 0 Å². The van der Waals surface area contributed by atoms with E-state index in [0.29, 0.717) is 16.7 Å². The number of fused-ring (bicyclic) bond motifs is 1. The van der Waals surface area contributed by atoms with E-state index in [1.54, 1.807) is 28.8 Å². The topological polar surface area (TPSA) is 34.9 Å². The smallest absolute Gasteiger partial charge is 0.266 e. The minimum absolute atomic E-state index is 0.118. The Morgan fingerprint density at radius 2 is 1.64 bits per heavy atom. The van der Waals surface area contributed by atoms with Gasteiger partial charge in [-0.2, -0.15) is 0 Å². The molecule has 4 heteroatoms. The third-order valence-electron chi connectivity index (χ3n) is 4.85. The lowest BCUT2D eigenvalue weighted by Gasteiger charge is -2.13. The van der Waals surface area contributed by atoms with Crippen molar-refractivity contribution in [1.82, 2.24) is 9.55 Å². The summed E-state index contributed by atoms with van der Waals surface area (Å²) in [6.45, 7) is 4.06. The maximum absolute atomic E-state index is 13.2. The van der Waals surface area contributed by atoms with Crippen molar-refractivity contribution < 1.29 is 4.39 Å². The summed E-state index contributed by atoms with van der Waals surface area (Å²) in [5, 5.41) is 0.569. The second kappa shape index (κ2) is 7.24. The first-order chi connectivity index (χ1) is 13.5. The summed E-state index contributed by atoms with van der Waals surface area (Å²) >= 11 is 0. The largest absolute Gasteiger partial charge is 0.268 e. The van der Waals surface area contributed by atoms with Crippen LogP contribution in [0, 0.1) is 19.7 Å². The molecule has 4 aromatic rings. The van der Waals surface area contributed by atoms with Crippen molar-refractivity contribution in [3.8, 4) is 5.69 Å². The first-order valence-electron chi connectivity index (χ1n) is 9.06. The van der Waals surface area contributed by atoms with E-state index in [4.69, 9.17) is 4.98 Å². The van der Waals surface area contributed by atoms with Gasteiger partial charge >= 0.3 is 0 Å². The molecule has 0 amide bonds. The van der Waals surface area contributed by atoms with Crippen LogP contribution in [0.15, 0.2) is 71.5 Å². The van der Waals surface area contributed by atoms with E-state index in [1.165, 1.54) is 12.1 Å². The van der Waals surface area contributed by atoms with Crippen LogP contribution in [0.2, 0.25) is 0 Å². The quantitative estimate of drug-likeness (QED) is 0.490. The van der Waals surface area contributed by atoms with Gasteiger partial charge in [0.2, 0.25) is 0 Å². The molecule has 138 valence electrons. The molecule has 0 atom stereocenters. The maximum atomic E-state index is 13.2. The minimum Gasteiger partial charge on any atom is -0.268 e. The van der Waals surface area contributed by atoms with Gasteiger partial charge in [-0.05, 0) is 73.0 Å². The fourth-order valence-corrected chi connectivity index (χ4v) is 3.12. The Balaban J connectivity index is 1.94. The molecule has 3 nitrogen and oxygen atoms in total. The highest BCUT2D eigenvalue weighted by molar-refractivity contribution is 5.80. The number of aryl methyl sites for hydroxylation is 2. The average molecular weight is 370 g/mol. The summed E-state index contributed by atoms with van der Waals surface area (Å²) in [4.78, 5) is 17.9. The monoisotopic (exact) mass is 370 g/mol. The zero-order chi connectivity index (χ0) is 19.7. The zero-order valence-corrected chi connectivity index (χ0v) is 15.7. The molecule has 0 N–H and O–H groups in total. The molecule has 4 rings (SSSR count). The van der Waals surface area contributed by atoms with Gasteiger partial charge in [-0.3, -0.25) is 9.36 Å². The Morgan fingerprint density at radius 3 is 2.39 bits per heavy atom. The van der Waals surface area contributed by atoms with E-state index in [0.717, 1.165) is 22.4 Å².